The van der Waals surface area contributed by atoms with Crippen LogP contribution in [0.5, 0.6) is 23.0 Å². The first kappa shape index (κ1) is 19.2. The molecule has 0 unspecified atom stereocenters. The van der Waals surface area contributed by atoms with Gasteiger partial charge in [-0.2, -0.15) is 0 Å². The molecule has 0 aliphatic carbocycles. The zero-order chi connectivity index (χ0) is 17.0. The Morgan fingerprint density at radius 2 is 0.870 bits per heavy atom. The van der Waals surface area contributed by atoms with Crippen LogP contribution in [0.15, 0.2) is 36.4 Å². The summed E-state index contributed by atoms with van der Waals surface area (Å²) >= 11 is 5.12. The van der Waals surface area contributed by atoms with Crippen LogP contribution < -0.4 is 26.2 Å². The van der Waals surface area contributed by atoms with E-state index >= 15 is 0 Å². The Balaban J connectivity index is 2.78. The molecule has 0 atom stereocenters. The average Bonchev–Trinajstić information content (AvgIpc) is 2.59. The third-order valence-corrected chi connectivity index (χ3v) is 20.3. The van der Waals surface area contributed by atoms with Gasteiger partial charge in [0.1, 0.15) is 0 Å². The molecule has 0 heterocycles. The monoisotopic (exact) mass is 658 g/mol. The molecule has 4 nitrogen and oxygen atoms in total. The van der Waals surface area contributed by atoms with Gasteiger partial charge in [-0.05, 0) is 0 Å². The zero-order valence-electron chi connectivity index (χ0n) is 13.3. The summed E-state index contributed by atoms with van der Waals surface area (Å²) in [5.74, 6) is 3.34. The van der Waals surface area contributed by atoms with Gasteiger partial charge in [-0.1, -0.05) is 0 Å². The van der Waals surface area contributed by atoms with Crippen LogP contribution in [0.4, 0.5) is 0 Å². The molecule has 126 valence electrons. The van der Waals surface area contributed by atoms with Crippen molar-refractivity contribution < 1.29 is 18.9 Å². The standard InChI is InChI=1S/C16H18I2O4Te/c1-19-11-7-5-8-12(20-2)15(11)23(17,18)16-13(21-3)9-6-10-14(16)22-4/h5-10H,1-4H3. The predicted molar refractivity (Wildman–Crippen MR) is 112 cm³/mol. The normalized spacial score (nSPS) is 11.7. The minimum atomic E-state index is -2.93. The van der Waals surface area contributed by atoms with Crippen LogP contribution in [0.2, 0.25) is 0 Å². The first-order valence-corrected chi connectivity index (χ1v) is 22.6. The zero-order valence-corrected chi connectivity index (χ0v) is 19.9. The summed E-state index contributed by atoms with van der Waals surface area (Å²) in [6.45, 7) is 0. The van der Waals surface area contributed by atoms with Crippen molar-refractivity contribution in [3.05, 3.63) is 36.4 Å². The molecule has 7 heteroatoms. The van der Waals surface area contributed by atoms with Gasteiger partial charge in [-0.3, -0.25) is 0 Å². The van der Waals surface area contributed by atoms with E-state index in [0.29, 0.717) is 0 Å². The van der Waals surface area contributed by atoms with Crippen LogP contribution >= 0.6 is 37.4 Å². The molecule has 0 N–H and O–H groups in total. The number of methoxy groups -OCH3 is 4. The Kier molecular flexibility index (Phi) is 6.95. The van der Waals surface area contributed by atoms with Gasteiger partial charge < -0.3 is 0 Å². The fourth-order valence-electron chi connectivity index (χ4n) is 2.24. The second-order valence-corrected chi connectivity index (χ2v) is 38.5. The van der Waals surface area contributed by atoms with Crippen LogP contribution in [0.3, 0.4) is 0 Å². The molecule has 0 aliphatic heterocycles. The molecule has 0 aromatic heterocycles. The number of halogens is 2. The molecule has 0 spiro atoms. The van der Waals surface area contributed by atoms with Gasteiger partial charge in [0.05, 0.1) is 0 Å². The van der Waals surface area contributed by atoms with E-state index in [-0.39, 0.29) is 0 Å². The average molecular weight is 656 g/mol. The summed E-state index contributed by atoms with van der Waals surface area (Å²) in [7, 11) is 3.81. The molecule has 0 aliphatic rings. The van der Waals surface area contributed by atoms with Crippen molar-refractivity contribution >= 4 is 54.9 Å². The molecule has 0 bridgehead atoms. The molecule has 0 saturated carbocycles. The van der Waals surface area contributed by atoms with Crippen molar-refractivity contribution in [3.63, 3.8) is 0 Å². The summed E-state index contributed by atoms with van der Waals surface area (Å²) in [6.07, 6.45) is 0. The van der Waals surface area contributed by atoms with E-state index in [0.717, 1.165) is 30.2 Å². The first-order chi connectivity index (χ1) is 11.0. The van der Waals surface area contributed by atoms with E-state index in [2.05, 4.69) is 37.4 Å². The SMILES string of the molecule is COc1cccc(OC)c1[Te](I)(I)c1c(OC)cccc1OC. The summed E-state index contributed by atoms with van der Waals surface area (Å²) in [5.41, 5.74) is 0. The first-order valence-electron chi connectivity index (χ1n) is 6.65. The summed E-state index contributed by atoms with van der Waals surface area (Å²) < 4.78 is 24.7. The van der Waals surface area contributed by atoms with Crippen LogP contribution in [-0.4, -0.2) is 38.7 Å². The van der Waals surface area contributed by atoms with Crippen molar-refractivity contribution in [1.29, 1.82) is 0 Å². The van der Waals surface area contributed by atoms with Crippen molar-refractivity contribution in [3.8, 4) is 23.0 Å². The molecule has 0 radical (unpaired) electrons. The molecule has 0 amide bonds. The Morgan fingerprint density at radius 3 is 1.09 bits per heavy atom. The Bertz CT molecular complexity index is 590. The molecule has 2 aromatic carbocycles. The van der Waals surface area contributed by atoms with Gasteiger partial charge in [-0.25, -0.2) is 0 Å². The van der Waals surface area contributed by atoms with E-state index in [1.165, 1.54) is 0 Å². The van der Waals surface area contributed by atoms with E-state index < -0.39 is 10.3 Å². The fourth-order valence-corrected chi connectivity index (χ4v) is 19.1. The summed E-state index contributed by atoms with van der Waals surface area (Å²) in [6, 6.07) is 11.8. The Morgan fingerprint density at radius 1 is 0.609 bits per heavy atom. The topological polar surface area (TPSA) is 36.9 Å². The quantitative estimate of drug-likeness (QED) is 0.354. The van der Waals surface area contributed by atoms with Crippen LogP contribution in [0.1, 0.15) is 0 Å². The number of hydrogen-bond acceptors (Lipinski definition) is 4. The number of hydrogen-bond donors (Lipinski definition) is 0. The van der Waals surface area contributed by atoms with E-state index in [9.17, 15) is 0 Å². The molecule has 23 heavy (non-hydrogen) atoms. The molecule has 0 saturated heterocycles. The fraction of sp³-hybridized carbons (Fsp3) is 0.250. The van der Waals surface area contributed by atoms with Crippen LogP contribution in [-0.2, 0) is 0 Å². The predicted octanol–water partition coefficient (Wildman–Crippen LogP) is 3.15. The van der Waals surface area contributed by atoms with Crippen molar-refractivity contribution in [2.45, 2.75) is 0 Å². The van der Waals surface area contributed by atoms with E-state index in [1.807, 2.05) is 36.4 Å². The molecule has 0 fully saturated rings. The number of ether oxygens (including phenoxy) is 4. The van der Waals surface area contributed by atoms with Gasteiger partial charge in [0.15, 0.2) is 0 Å². The van der Waals surface area contributed by atoms with Crippen molar-refractivity contribution in [1.82, 2.24) is 0 Å². The summed E-state index contributed by atoms with van der Waals surface area (Å²) in [5, 5.41) is 0. The van der Waals surface area contributed by atoms with Gasteiger partial charge >= 0.3 is 162 Å². The minimum absolute atomic E-state index is 0.835. The summed E-state index contributed by atoms with van der Waals surface area (Å²) in [4.78, 5) is 0. The van der Waals surface area contributed by atoms with Gasteiger partial charge in [-0.15, -0.1) is 0 Å². The number of benzene rings is 2. The second kappa shape index (κ2) is 8.32. The third-order valence-electron chi connectivity index (χ3n) is 3.28. The molecular weight excluding hydrogens is 638 g/mol. The maximum atomic E-state index is 5.62. The van der Waals surface area contributed by atoms with E-state index in [4.69, 9.17) is 18.9 Å². The van der Waals surface area contributed by atoms with Crippen molar-refractivity contribution in [2.75, 3.05) is 28.4 Å². The Labute approximate surface area is 160 Å². The van der Waals surface area contributed by atoms with E-state index in [1.54, 1.807) is 28.4 Å². The van der Waals surface area contributed by atoms with Gasteiger partial charge in [0.25, 0.3) is 0 Å². The molecular formula is C16H18I2O4Te. The van der Waals surface area contributed by atoms with Gasteiger partial charge in [0, 0.05) is 0 Å². The van der Waals surface area contributed by atoms with Gasteiger partial charge in [0.2, 0.25) is 0 Å². The third kappa shape index (κ3) is 3.78. The van der Waals surface area contributed by atoms with Crippen LogP contribution in [0, 0.1) is 0 Å². The maximum absolute atomic E-state index is 5.62. The Hall–Kier alpha value is -0.110. The molecule has 2 rings (SSSR count). The van der Waals surface area contributed by atoms with Crippen LogP contribution in [0.25, 0.3) is 0 Å². The number of rotatable bonds is 6. The van der Waals surface area contributed by atoms with Crippen molar-refractivity contribution in [2.24, 2.45) is 0 Å². The second-order valence-electron chi connectivity index (χ2n) is 4.45. The molecule has 2 aromatic rings.